The van der Waals surface area contributed by atoms with Crippen LogP contribution in [0.3, 0.4) is 0 Å². The Morgan fingerprint density at radius 1 is 1.30 bits per heavy atom. The Kier molecular flexibility index (Phi) is 5.52. The van der Waals surface area contributed by atoms with Gasteiger partial charge in [0.1, 0.15) is 5.75 Å². The van der Waals surface area contributed by atoms with Crippen molar-refractivity contribution >= 4 is 16.3 Å². The number of nitro groups is 1. The smallest absolute Gasteiger partial charge is 0.324 e. The molecule has 0 bridgehead atoms. The fraction of sp³-hybridized carbons (Fsp3) is 0.286. The second-order valence-electron chi connectivity index (χ2n) is 4.24. The molecule has 1 aromatic carbocycles. The van der Waals surface area contributed by atoms with Gasteiger partial charge < -0.3 is 10.1 Å². The van der Waals surface area contributed by atoms with Crippen LogP contribution in [0.5, 0.6) is 5.75 Å². The Balaban J connectivity index is 1.58. The molecule has 1 N–H and O–H groups in total. The standard InChI is InChI=1S/C14H16N2O3S/c17-16(18)14-9-12(11-20-14)10-15-7-4-8-19-13-5-2-1-3-6-13/h1-3,5-6,9,11,15H,4,7-8,10H2. The number of nitrogens with one attached hydrogen (secondary N) is 1. The van der Waals surface area contributed by atoms with E-state index in [9.17, 15) is 10.1 Å². The summed E-state index contributed by atoms with van der Waals surface area (Å²) in [5, 5.41) is 15.8. The van der Waals surface area contributed by atoms with Crippen molar-refractivity contribution < 1.29 is 9.66 Å². The first kappa shape index (κ1) is 14.5. The van der Waals surface area contributed by atoms with Gasteiger partial charge in [-0.15, -0.1) is 0 Å². The van der Waals surface area contributed by atoms with E-state index < -0.39 is 0 Å². The molecule has 0 spiro atoms. The van der Waals surface area contributed by atoms with Crippen LogP contribution in [0.1, 0.15) is 12.0 Å². The van der Waals surface area contributed by atoms with Crippen LogP contribution in [-0.2, 0) is 6.54 Å². The van der Waals surface area contributed by atoms with Gasteiger partial charge in [0.15, 0.2) is 0 Å². The van der Waals surface area contributed by atoms with Gasteiger partial charge in [-0.25, -0.2) is 0 Å². The van der Waals surface area contributed by atoms with Gasteiger partial charge in [0.05, 0.1) is 11.5 Å². The summed E-state index contributed by atoms with van der Waals surface area (Å²) in [6.45, 7) is 2.12. The second kappa shape index (κ2) is 7.62. The van der Waals surface area contributed by atoms with Crippen molar-refractivity contribution in [1.29, 1.82) is 0 Å². The van der Waals surface area contributed by atoms with E-state index in [0.29, 0.717) is 13.2 Å². The average molecular weight is 292 g/mol. The lowest BCUT2D eigenvalue weighted by Crippen LogP contribution is -2.16. The minimum atomic E-state index is -0.359. The molecule has 1 heterocycles. The van der Waals surface area contributed by atoms with Gasteiger partial charge in [0.25, 0.3) is 0 Å². The Morgan fingerprint density at radius 2 is 2.10 bits per heavy atom. The zero-order valence-electron chi connectivity index (χ0n) is 11.0. The van der Waals surface area contributed by atoms with Crippen molar-refractivity contribution in [3.05, 3.63) is 57.5 Å². The lowest BCUT2D eigenvalue weighted by atomic mass is 10.3. The largest absolute Gasteiger partial charge is 0.494 e. The van der Waals surface area contributed by atoms with Crippen LogP contribution in [0.25, 0.3) is 0 Å². The highest BCUT2D eigenvalue weighted by molar-refractivity contribution is 7.13. The predicted octanol–water partition coefficient (Wildman–Crippen LogP) is 3.22. The molecule has 0 unspecified atom stereocenters. The maximum Gasteiger partial charge on any atom is 0.324 e. The highest BCUT2D eigenvalue weighted by Gasteiger charge is 2.08. The van der Waals surface area contributed by atoms with Crippen LogP contribution >= 0.6 is 11.3 Å². The summed E-state index contributed by atoms with van der Waals surface area (Å²) in [4.78, 5) is 10.2. The number of hydrogen-bond acceptors (Lipinski definition) is 5. The normalized spacial score (nSPS) is 10.4. The fourth-order valence-electron chi connectivity index (χ4n) is 1.69. The summed E-state index contributed by atoms with van der Waals surface area (Å²) in [5.41, 5.74) is 0.950. The quantitative estimate of drug-likeness (QED) is 0.461. The molecule has 0 saturated carbocycles. The lowest BCUT2D eigenvalue weighted by Gasteiger charge is -2.06. The number of hydrogen-bond donors (Lipinski definition) is 1. The summed E-state index contributed by atoms with van der Waals surface area (Å²) in [6, 6.07) is 11.3. The van der Waals surface area contributed by atoms with Gasteiger partial charge in [-0.2, -0.15) is 0 Å². The molecule has 20 heavy (non-hydrogen) atoms. The van der Waals surface area contributed by atoms with Crippen molar-refractivity contribution in [3.63, 3.8) is 0 Å². The first-order chi connectivity index (χ1) is 9.75. The molecule has 0 aliphatic rings. The molecule has 0 saturated heterocycles. The maximum absolute atomic E-state index is 10.5. The van der Waals surface area contributed by atoms with E-state index in [4.69, 9.17) is 4.74 Å². The molecular weight excluding hydrogens is 276 g/mol. The van der Waals surface area contributed by atoms with Crippen LogP contribution in [0, 0.1) is 10.1 Å². The summed E-state index contributed by atoms with van der Waals surface area (Å²) in [5.74, 6) is 0.876. The minimum absolute atomic E-state index is 0.189. The van der Waals surface area contributed by atoms with E-state index in [1.807, 2.05) is 35.7 Å². The second-order valence-corrected chi connectivity index (χ2v) is 5.13. The minimum Gasteiger partial charge on any atom is -0.494 e. The Hall–Kier alpha value is -1.92. The van der Waals surface area contributed by atoms with Crippen molar-refractivity contribution in [3.8, 4) is 5.75 Å². The van der Waals surface area contributed by atoms with Gasteiger partial charge in [0, 0.05) is 18.0 Å². The van der Waals surface area contributed by atoms with Gasteiger partial charge >= 0.3 is 5.00 Å². The topological polar surface area (TPSA) is 64.4 Å². The van der Waals surface area contributed by atoms with E-state index >= 15 is 0 Å². The third-order valence-electron chi connectivity index (χ3n) is 2.66. The number of nitrogens with zero attached hydrogens (tertiary/aromatic N) is 1. The average Bonchev–Trinajstić information content (AvgIpc) is 2.93. The molecule has 106 valence electrons. The van der Waals surface area contributed by atoms with Crippen LogP contribution in [0.15, 0.2) is 41.8 Å². The molecular formula is C14H16N2O3S. The molecule has 6 heteroatoms. The molecule has 0 aliphatic heterocycles. The van der Waals surface area contributed by atoms with Gasteiger partial charge in [-0.1, -0.05) is 29.5 Å². The molecule has 0 amide bonds. The number of benzene rings is 1. The van der Waals surface area contributed by atoms with E-state index in [-0.39, 0.29) is 9.92 Å². The number of thiophene rings is 1. The number of ether oxygens (including phenoxy) is 1. The molecule has 5 nitrogen and oxygen atoms in total. The third-order valence-corrected chi connectivity index (χ3v) is 3.59. The molecule has 0 radical (unpaired) electrons. The van der Waals surface area contributed by atoms with Crippen LogP contribution < -0.4 is 10.1 Å². The van der Waals surface area contributed by atoms with Gasteiger partial charge in [-0.05, 0) is 30.7 Å². The summed E-state index contributed by atoms with van der Waals surface area (Å²) < 4.78 is 5.57. The Morgan fingerprint density at radius 3 is 2.80 bits per heavy atom. The van der Waals surface area contributed by atoms with Crippen molar-refractivity contribution in [2.24, 2.45) is 0 Å². The van der Waals surface area contributed by atoms with Crippen molar-refractivity contribution in [1.82, 2.24) is 5.32 Å². The van der Waals surface area contributed by atoms with Crippen LogP contribution in [0.4, 0.5) is 5.00 Å². The highest BCUT2D eigenvalue weighted by Crippen LogP contribution is 2.22. The molecule has 0 atom stereocenters. The molecule has 1 aromatic heterocycles. The Labute approximate surface area is 121 Å². The lowest BCUT2D eigenvalue weighted by molar-refractivity contribution is -0.380. The first-order valence-electron chi connectivity index (χ1n) is 6.36. The number of para-hydroxylation sites is 1. The monoisotopic (exact) mass is 292 g/mol. The molecule has 0 fully saturated rings. The van der Waals surface area contributed by atoms with E-state index in [0.717, 1.165) is 35.6 Å². The SMILES string of the molecule is O=[N+]([O-])c1cc(CNCCCOc2ccccc2)cs1. The van der Waals surface area contributed by atoms with Crippen LogP contribution in [0.2, 0.25) is 0 Å². The maximum atomic E-state index is 10.5. The zero-order chi connectivity index (χ0) is 14.2. The number of rotatable bonds is 8. The molecule has 0 aliphatic carbocycles. The van der Waals surface area contributed by atoms with E-state index in [1.165, 1.54) is 0 Å². The van der Waals surface area contributed by atoms with Crippen molar-refractivity contribution in [2.45, 2.75) is 13.0 Å². The highest BCUT2D eigenvalue weighted by atomic mass is 32.1. The molecule has 2 rings (SSSR count). The van der Waals surface area contributed by atoms with E-state index in [2.05, 4.69) is 5.32 Å². The van der Waals surface area contributed by atoms with Crippen LogP contribution in [-0.4, -0.2) is 18.1 Å². The summed E-state index contributed by atoms with van der Waals surface area (Å²) >= 11 is 1.16. The van der Waals surface area contributed by atoms with Gasteiger partial charge in [0.2, 0.25) is 0 Å². The predicted molar refractivity (Wildman–Crippen MR) is 79.2 cm³/mol. The third kappa shape index (κ3) is 4.64. The molecule has 2 aromatic rings. The van der Waals surface area contributed by atoms with Gasteiger partial charge in [-0.3, -0.25) is 10.1 Å². The summed E-state index contributed by atoms with van der Waals surface area (Å²) in [7, 11) is 0. The van der Waals surface area contributed by atoms with Crippen molar-refractivity contribution in [2.75, 3.05) is 13.2 Å². The zero-order valence-corrected chi connectivity index (χ0v) is 11.8. The summed E-state index contributed by atoms with van der Waals surface area (Å²) in [6.07, 6.45) is 0.890. The fourth-order valence-corrected chi connectivity index (χ4v) is 2.42. The van der Waals surface area contributed by atoms with E-state index in [1.54, 1.807) is 6.07 Å². The Bertz CT molecular complexity index is 542. The first-order valence-corrected chi connectivity index (χ1v) is 7.24.